The zero-order valence-electron chi connectivity index (χ0n) is 11.5. The van der Waals surface area contributed by atoms with Gasteiger partial charge in [-0.2, -0.15) is 0 Å². The minimum atomic E-state index is 0.347. The SMILES string of the molecule is O=C(CC1CC1)N1CC[C@H](n2cnc3ccccc32)C1. The van der Waals surface area contributed by atoms with E-state index in [-0.39, 0.29) is 0 Å². The molecule has 4 heteroatoms. The predicted octanol–water partition coefficient (Wildman–Crippen LogP) is 2.61. The van der Waals surface area contributed by atoms with Crippen LogP contribution in [0.1, 0.15) is 31.7 Å². The summed E-state index contributed by atoms with van der Waals surface area (Å²) in [4.78, 5) is 18.7. The Morgan fingerprint density at radius 2 is 2.10 bits per heavy atom. The molecule has 2 heterocycles. The summed E-state index contributed by atoms with van der Waals surface area (Å²) in [5, 5.41) is 0. The summed E-state index contributed by atoms with van der Waals surface area (Å²) in [6, 6.07) is 8.59. The topological polar surface area (TPSA) is 38.1 Å². The normalized spacial score (nSPS) is 22.6. The Balaban J connectivity index is 1.51. The van der Waals surface area contributed by atoms with Crippen molar-refractivity contribution in [2.24, 2.45) is 5.92 Å². The highest BCUT2D eigenvalue weighted by Crippen LogP contribution is 2.34. The van der Waals surface area contributed by atoms with Gasteiger partial charge in [0.1, 0.15) is 0 Å². The maximum absolute atomic E-state index is 12.2. The van der Waals surface area contributed by atoms with Crippen LogP contribution in [0.2, 0.25) is 0 Å². The maximum atomic E-state index is 12.2. The number of carbonyl (C=O) groups excluding carboxylic acids is 1. The van der Waals surface area contributed by atoms with Crippen LogP contribution in [0.15, 0.2) is 30.6 Å². The number of rotatable bonds is 3. The van der Waals surface area contributed by atoms with Gasteiger partial charge in [-0.15, -0.1) is 0 Å². The first kappa shape index (κ1) is 11.9. The number of likely N-dealkylation sites (tertiary alicyclic amines) is 1. The Hall–Kier alpha value is -1.84. The van der Waals surface area contributed by atoms with Crippen LogP contribution >= 0.6 is 0 Å². The monoisotopic (exact) mass is 269 g/mol. The summed E-state index contributed by atoms with van der Waals surface area (Å²) < 4.78 is 2.24. The van der Waals surface area contributed by atoms with Crippen molar-refractivity contribution in [1.29, 1.82) is 0 Å². The van der Waals surface area contributed by atoms with Crippen LogP contribution in [0.5, 0.6) is 0 Å². The van der Waals surface area contributed by atoms with Gasteiger partial charge >= 0.3 is 0 Å². The molecule has 104 valence electrons. The molecule has 1 aromatic carbocycles. The molecule has 2 aliphatic rings. The molecular formula is C16H19N3O. The summed E-state index contributed by atoms with van der Waals surface area (Å²) in [5.74, 6) is 1.02. The molecular weight excluding hydrogens is 250 g/mol. The van der Waals surface area contributed by atoms with Gasteiger partial charge in [0.05, 0.1) is 23.4 Å². The van der Waals surface area contributed by atoms with E-state index in [1.807, 2.05) is 29.4 Å². The zero-order valence-corrected chi connectivity index (χ0v) is 11.5. The number of aromatic nitrogens is 2. The van der Waals surface area contributed by atoms with Crippen LogP contribution in [-0.2, 0) is 4.79 Å². The average molecular weight is 269 g/mol. The zero-order chi connectivity index (χ0) is 13.5. The van der Waals surface area contributed by atoms with Gasteiger partial charge in [-0.1, -0.05) is 12.1 Å². The van der Waals surface area contributed by atoms with Crippen molar-refractivity contribution in [2.75, 3.05) is 13.1 Å². The standard InChI is InChI=1S/C16H19N3O/c20-16(9-12-5-6-12)18-8-7-13(10-18)19-11-17-14-3-1-2-4-15(14)19/h1-4,11-13H,5-10H2/t13-/m0/s1. The molecule has 1 aromatic heterocycles. The van der Waals surface area contributed by atoms with E-state index in [0.29, 0.717) is 17.9 Å². The average Bonchev–Trinajstić information content (AvgIpc) is 3.01. The number of imidazole rings is 1. The second-order valence-corrected chi connectivity index (χ2v) is 6.07. The fourth-order valence-corrected chi connectivity index (χ4v) is 3.16. The van der Waals surface area contributed by atoms with Crippen LogP contribution in [0, 0.1) is 5.92 Å². The van der Waals surface area contributed by atoms with E-state index in [2.05, 4.69) is 15.6 Å². The molecule has 0 N–H and O–H groups in total. The van der Waals surface area contributed by atoms with Gasteiger partial charge in [0.2, 0.25) is 5.91 Å². The van der Waals surface area contributed by atoms with Crippen molar-refractivity contribution in [2.45, 2.75) is 31.7 Å². The van der Waals surface area contributed by atoms with Gasteiger partial charge in [-0.05, 0) is 37.3 Å². The van der Waals surface area contributed by atoms with Crippen LogP contribution in [0.3, 0.4) is 0 Å². The third kappa shape index (κ3) is 2.09. The molecule has 1 atom stereocenters. The summed E-state index contributed by atoms with van der Waals surface area (Å²) in [5.41, 5.74) is 2.21. The van der Waals surface area contributed by atoms with Gasteiger partial charge in [0.25, 0.3) is 0 Å². The van der Waals surface area contributed by atoms with E-state index in [1.54, 1.807) is 0 Å². The van der Waals surface area contributed by atoms with Crippen molar-refractivity contribution in [1.82, 2.24) is 14.5 Å². The molecule has 20 heavy (non-hydrogen) atoms. The molecule has 4 rings (SSSR count). The first-order valence-electron chi connectivity index (χ1n) is 7.50. The Labute approximate surface area is 118 Å². The highest BCUT2D eigenvalue weighted by Gasteiger charge is 2.31. The first-order chi connectivity index (χ1) is 9.81. The van der Waals surface area contributed by atoms with Crippen LogP contribution in [-0.4, -0.2) is 33.4 Å². The van der Waals surface area contributed by atoms with Crippen LogP contribution in [0.25, 0.3) is 11.0 Å². The number of carbonyl (C=O) groups is 1. The molecule has 1 saturated carbocycles. The van der Waals surface area contributed by atoms with Crippen molar-refractivity contribution in [3.63, 3.8) is 0 Å². The minimum Gasteiger partial charge on any atom is -0.341 e. The molecule has 0 radical (unpaired) electrons. The lowest BCUT2D eigenvalue weighted by Crippen LogP contribution is -2.29. The van der Waals surface area contributed by atoms with E-state index in [9.17, 15) is 4.79 Å². The van der Waals surface area contributed by atoms with E-state index in [4.69, 9.17) is 0 Å². The molecule has 1 amide bonds. The van der Waals surface area contributed by atoms with E-state index >= 15 is 0 Å². The Morgan fingerprint density at radius 1 is 1.25 bits per heavy atom. The largest absolute Gasteiger partial charge is 0.341 e. The lowest BCUT2D eigenvalue weighted by molar-refractivity contribution is -0.130. The quantitative estimate of drug-likeness (QED) is 0.859. The predicted molar refractivity (Wildman–Crippen MR) is 77.3 cm³/mol. The third-order valence-corrected chi connectivity index (χ3v) is 4.55. The highest BCUT2D eigenvalue weighted by molar-refractivity contribution is 5.77. The van der Waals surface area contributed by atoms with Gasteiger partial charge in [-0.3, -0.25) is 4.79 Å². The molecule has 1 saturated heterocycles. The number of benzene rings is 1. The van der Waals surface area contributed by atoms with Gasteiger partial charge in [0.15, 0.2) is 0 Å². The van der Waals surface area contributed by atoms with Crippen LogP contribution < -0.4 is 0 Å². The minimum absolute atomic E-state index is 0.347. The second-order valence-electron chi connectivity index (χ2n) is 6.07. The first-order valence-corrected chi connectivity index (χ1v) is 7.50. The molecule has 2 fully saturated rings. The molecule has 0 bridgehead atoms. The molecule has 4 nitrogen and oxygen atoms in total. The summed E-state index contributed by atoms with van der Waals surface area (Å²) >= 11 is 0. The van der Waals surface area contributed by atoms with Gasteiger partial charge in [0, 0.05) is 19.5 Å². The molecule has 2 aromatic rings. The molecule has 1 aliphatic heterocycles. The summed E-state index contributed by atoms with van der Waals surface area (Å²) in [6.07, 6.45) is 6.21. The molecule has 1 aliphatic carbocycles. The van der Waals surface area contributed by atoms with Gasteiger partial charge < -0.3 is 9.47 Å². The third-order valence-electron chi connectivity index (χ3n) is 4.55. The maximum Gasteiger partial charge on any atom is 0.222 e. The number of fused-ring (bicyclic) bond motifs is 1. The van der Waals surface area contributed by atoms with E-state index < -0.39 is 0 Å². The summed E-state index contributed by atoms with van der Waals surface area (Å²) in [6.45, 7) is 1.73. The number of nitrogens with zero attached hydrogens (tertiary/aromatic N) is 3. The van der Waals surface area contributed by atoms with Crippen molar-refractivity contribution in [3.05, 3.63) is 30.6 Å². The van der Waals surface area contributed by atoms with Crippen molar-refractivity contribution >= 4 is 16.9 Å². The summed E-state index contributed by atoms with van der Waals surface area (Å²) in [7, 11) is 0. The molecule has 0 unspecified atom stereocenters. The smallest absolute Gasteiger partial charge is 0.222 e. The lowest BCUT2D eigenvalue weighted by atomic mass is 10.2. The van der Waals surface area contributed by atoms with Crippen molar-refractivity contribution in [3.8, 4) is 0 Å². The second kappa shape index (κ2) is 4.62. The Bertz CT molecular complexity index is 644. The Morgan fingerprint density at radius 3 is 2.95 bits per heavy atom. The van der Waals surface area contributed by atoms with Gasteiger partial charge in [-0.25, -0.2) is 4.98 Å². The van der Waals surface area contributed by atoms with Crippen molar-refractivity contribution < 1.29 is 4.79 Å². The highest BCUT2D eigenvalue weighted by atomic mass is 16.2. The number of hydrogen-bond donors (Lipinski definition) is 0. The van der Waals surface area contributed by atoms with E-state index in [1.165, 1.54) is 18.4 Å². The number of amides is 1. The van der Waals surface area contributed by atoms with Crippen LogP contribution in [0.4, 0.5) is 0 Å². The molecule has 0 spiro atoms. The van der Waals surface area contributed by atoms with E-state index in [0.717, 1.165) is 31.4 Å². The fourth-order valence-electron chi connectivity index (χ4n) is 3.16. The Kier molecular flexibility index (Phi) is 2.76. The lowest BCUT2D eigenvalue weighted by Gasteiger charge is -2.17. The number of hydrogen-bond acceptors (Lipinski definition) is 2. The fraction of sp³-hybridized carbons (Fsp3) is 0.500. The number of para-hydroxylation sites is 2.